The van der Waals surface area contributed by atoms with Crippen LogP contribution in [0.15, 0.2) is 0 Å². The van der Waals surface area contributed by atoms with E-state index in [1.807, 2.05) is 0 Å². The van der Waals surface area contributed by atoms with Gasteiger partial charge in [-0.25, -0.2) is 19.4 Å². The smallest absolute Gasteiger partial charge is 0.355 e. The Bertz CT molecular complexity index is 252. The largest absolute Gasteiger partial charge is 0.396 e. The molecule has 0 aliphatic heterocycles. The van der Waals surface area contributed by atoms with Crippen molar-refractivity contribution in [2.24, 2.45) is 0 Å². The van der Waals surface area contributed by atoms with E-state index in [-0.39, 0.29) is 26.1 Å². The first-order valence-corrected chi connectivity index (χ1v) is 8.32. The maximum atomic E-state index is 11.3. The van der Waals surface area contributed by atoms with E-state index in [0.717, 1.165) is 51.4 Å². The van der Waals surface area contributed by atoms with E-state index in [4.69, 9.17) is 10.2 Å². The summed E-state index contributed by atoms with van der Waals surface area (Å²) in [7, 11) is 0. The SMILES string of the molecule is O=C(CCCCCCCO)OOC(=O)CCCCCCCO. The third kappa shape index (κ3) is 15.3. The lowest BCUT2D eigenvalue weighted by atomic mass is 10.1. The summed E-state index contributed by atoms with van der Waals surface area (Å²) in [5, 5.41) is 17.2. The van der Waals surface area contributed by atoms with Crippen molar-refractivity contribution >= 4 is 11.9 Å². The molecule has 0 saturated carbocycles. The van der Waals surface area contributed by atoms with E-state index in [0.29, 0.717) is 12.8 Å². The van der Waals surface area contributed by atoms with Gasteiger partial charge in [0.2, 0.25) is 0 Å². The number of carbonyl (C=O) groups excluding carboxylic acids is 2. The second-order valence-corrected chi connectivity index (χ2v) is 5.39. The lowest BCUT2D eigenvalue weighted by molar-refractivity contribution is -0.259. The molecule has 6 heteroatoms. The number of aliphatic hydroxyl groups is 2. The van der Waals surface area contributed by atoms with E-state index in [2.05, 4.69) is 9.78 Å². The van der Waals surface area contributed by atoms with Crippen LogP contribution in [-0.4, -0.2) is 35.4 Å². The van der Waals surface area contributed by atoms with Crippen LogP contribution in [-0.2, 0) is 19.4 Å². The molecule has 0 amide bonds. The molecule has 0 rings (SSSR count). The van der Waals surface area contributed by atoms with Gasteiger partial charge >= 0.3 is 11.9 Å². The van der Waals surface area contributed by atoms with Gasteiger partial charge in [-0.2, -0.15) is 0 Å². The van der Waals surface area contributed by atoms with Gasteiger partial charge in [-0.05, 0) is 25.7 Å². The van der Waals surface area contributed by atoms with Crippen LogP contribution in [0.3, 0.4) is 0 Å². The summed E-state index contributed by atoms with van der Waals surface area (Å²) >= 11 is 0. The molecular formula is C16H30O6. The number of carbonyl (C=O) groups is 2. The van der Waals surface area contributed by atoms with Gasteiger partial charge in [0.25, 0.3) is 0 Å². The van der Waals surface area contributed by atoms with E-state index < -0.39 is 11.9 Å². The van der Waals surface area contributed by atoms with Crippen LogP contribution in [0.4, 0.5) is 0 Å². The van der Waals surface area contributed by atoms with Crippen LogP contribution in [0.1, 0.15) is 77.0 Å². The maximum Gasteiger partial charge on any atom is 0.355 e. The number of unbranched alkanes of at least 4 members (excludes halogenated alkanes) is 8. The van der Waals surface area contributed by atoms with Crippen molar-refractivity contribution < 1.29 is 29.6 Å². The molecule has 0 fully saturated rings. The van der Waals surface area contributed by atoms with E-state index >= 15 is 0 Å². The summed E-state index contributed by atoms with van der Waals surface area (Å²) < 4.78 is 0. The minimum atomic E-state index is -0.515. The Morgan fingerprint density at radius 2 is 0.864 bits per heavy atom. The van der Waals surface area contributed by atoms with Gasteiger partial charge < -0.3 is 10.2 Å². The summed E-state index contributed by atoms with van der Waals surface area (Å²) in [6, 6.07) is 0. The van der Waals surface area contributed by atoms with E-state index in [1.54, 1.807) is 0 Å². The Kier molecular flexibility index (Phi) is 15.4. The fourth-order valence-corrected chi connectivity index (χ4v) is 2.00. The molecule has 0 atom stereocenters. The highest BCUT2D eigenvalue weighted by molar-refractivity contribution is 5.72. The first-order chi connectivity index (χ1) is 10.7. The average Bonchev–Trinajstić information content (AvgIpc) is 2.52. The molecule has 0 aliphatic carbocycles. The van der Waals surface area contributed by atoms with Crippen LogP contribution in [0.2, 0.25) is 0 Å². The van der Waals surface area contributed by atoms with Gasteiger partial charge in [0.15, 0.2) is 0 Å². The third-order valence-corrected chi connectivity index (χ3v) is 3.31. The van der Waals surface area contributed by atoms with E-state index in [9.17, 15) is 9.59 Å². The second-order valence-electron chi connectivity index (χ2n) is 5.39. The highest BCUT2D eigenvalue weighted by Crippen LogP contribution is 2.08. The molecule has 0 radical (unpaired) electrons. The number of rotatable bonds is 14. The van der Waals surface area contributed by atoms with Crippen molar-refractivity contribution in [3.05, 3.63) is 0 Å². The molecular weight excluding hydrogens is 288 g/mol. The zero-order chi connectivity index (χ0) is 16.5. The second kappa shape index (κ2) is 16.2. The van der Waals surface area contributed by atoms with Gasteiger partial charge in [0.1, 0.15) is 0 Å². The molecule has 0 spiro atoms. The Balaban J connectivity index is 3.36. The quantitative estimate of drug-likeness (QED) is 0.290. The van der Waals surface area contributed by atoms with E-state index in [1.165, 1.54) is 0 Å². The fourth-order valence-electron chi connectivity index (χ4n) is 2.00. The van der Waals surface area contributed by atoms with Gasteiger partial charge in [-0.15, -0.1) is 0 Å². The highest BCUT2D eigenvalue weighted by atomic mass is 17.2. The lowest BCUT2D eigenvalue weighted by Gasteiger charge is -2.04. The predicted octanol–water partition coefficient (Wildman–Crippen LogP) is 2.65. The molecule has 0 bridgehead atoms. The summed E-state index contributed by atoms with van der Waals surface area (Å²) in [6.07, 6.45) is 9.14. The molecule has 0 aromatic heterocycles. The Morgan fingerprint density at radius 1 is 0.545 bits per heavy atom. The summed E-state index contributed by atoms with van der Waals surface area (Å²) in [6.45, 7) is 0.416. The molecule has 130 valence electrons. The molecule has 0 aromatic rings. The zero-order valence-electron chi connectivity index (χ0n) is 13.4. The molecule has 6 nitrogen and oxygen atoms in total. The van der Waals surface area contributed by atoms with Crippen LogP contribution < -0.4 is 0 Å². The molecule has 0 unspecified atom stereocenters. The van der Waals surface area contributed by atoms with Crippen LogP contribution in [0, 0.1) is 0 Å². The number of aliphatic hydroxyl groups excluding tert-OH is 2. The molecule has 0 aromatic carbocycles. The Labute approximate surface area is 132 Å². The normalized spacial score (nSPS) is 10.5. The van der Waals surface area contributed by atoms with Gasteiger partial charge in [-0.3, -0.25) is 0 Å². The summed E-state index contributed by atoms with van der Waals surface area (Å²) in [5.41, 5.74) is 0. The summed E-state index contributed by atoms with van der Waals surface area (Å²) in [4.78, 5) is 31.6. The minimum Gasteiger partial charge on any atom is -0.396 e. The summed E-state index contributed by atoms with van der Waals surface area (Å²) in [5.74, 6) is -1.03. The van der Waals surface area contributed by atoms with Crippen molar-refractivity contribution in [1.29, 1.82) is 0 Å². The van der Waals surface area contributed by atoms with Crippen molar-refractivity contribution in [2.75, 3.05) is 13.2 Å². The van der Waals surface area contributed by atoms with Crippen molar-refractivity contribution in [3.8, 4) is 0 Å². The third-order valence-electron chi connectivity index (χ3n) is 3.31. The molecule has 0 aliphatic rings. The molecule has 22 heavy (non-hydrogen) atoms. The number of hydrogen-bond acceptors (Lipinski definition) is 6. The predicted molar refractivity (Wildman–Crippen MR) is 81.8 cm³/mol. The fraction of sp³-hybridized carbons (Fsp3) is 0.875. The maximum absolute atomic E-state index is 11.3. The minimum absolute atomic E-state index is 0.208. The van der Waals surface area contributed by atoms with Gasteiger partial charge in [0.05, 0.1) is 12.8 Å². The van der Waals surface area contributed by atoms with Crippen molar-refractivity contribution in [2.45, 2.75) is 77.0 Å². The first-order valence-electron chi connectivity index (χ1n) is 8.32. The molecule has 0 saturated heterocycles. The highest BCUT2D eigenvalue weighted by Gasteiger charge is 2.09. The van der Waals surface area contributed by atoms with Gasteiger partial charge in [0, 0.05) is 13.2 Å². The topological polar surface area (TPSA) is 93.1 Å². The molecule has 0 heterocycles. The standard InChI is InChI=1S/C16H30O6/c17-13-9-5-1-3-7-11-15(19)21-22-16(20)12-8-4-2-6-10-14-18/h17-18H,1-14H2. The van der Waals surface area contributed by atoms with Crippen LogP contribution >= 0.6 is 0 Å². The number of hydrogen-bond donors (Lipinski definition) is 2. The van der Waals surface area contributed by atoms with Crippen LogP contribution in [0.5, 0.6) is 0 Å². The monoisotopic (exact) mass is 318 g/mol. The van der Waals surface area contributed by atoms with Crippen molar-refractivity contribution in [3.63, 3.8) is 0 Å². The lowest BCUT2D eigenvalue weighted by Crippen LogP contribution is -2.11. The average molecular weight is 318 g/mol. The Hall–Kier alpha value is -1.14. The van der Waals surface area contributed by atoms with Gasteiger partial charge in [-0.1, -0.05) is 38.5 Å². The molecule has 2 N–H and O–H groups in total. The Morgan fingerprint density at radius 3 is 1.23 bits per heavy atom. The zero-order valence-corrected chi connectivity index (χ0v) is 13.4. The van der Waals surface area contributed by atoms with Crippen LogP contribution in [0.25, 0.3) is 0 Å². The van der Waals surface area contributed by atoms with Crippen molar-refractivity contribution in [1.82, 2.24) is 0 Å². The first kappa shape index (κ1) is 20.9.